The normalized spacial score (nSPS) is 17.2. The molecule has 1 unspecified atom stereocenters. The number of benzene rings is 2. The van der Waals surface area contributed by atoms with Crippen molar-refractivity contribution >= 4 is 23.6 Å². The van der Waals surface area contributed by atoms with Gasteiger partial charge < -0.3 is 34.4 Å². The van der Waals surface area contributed by atoms with Gasteiger partial charge in [0, 0.05) is 38.3 Å². The monoisotopic (exact) mass is 607 g/mol. The number of hydrogen-bond donors (Lipinski definition) is 1. The van der Waals surface area contributed by atoms with Crippen LogP contribution in [0.2, 0.25) is 0 Å². The summed E-state index contributed by atoms with van der Waals surface area (Å²) in [4.78, 5) is 49.2. The van der Waals surface area contributed by atoms with Gasteiger partial charge in [0.05, 0.1) is 13.8 Å². The van der Waals surface area contributed by atoms with Gasteiger partial charge in [-0.15, -0.1) is 0 Å². The molecule has 0 saturated carbocycles. The maximum absolute atomic E-state index is 14.1. The molecular weight excluding hydrogens is 558 g/mol. The molecule has 2 heterocycles. The van der Waals surface area contributed by atoms with E-state index >= 15 is 0 Å². The highest BCUT2D eigenvalue weighted by molar-refractivity contribution is 5.94. The van der Waals surface area contributed by atoms with Crippen LogP contribution in [-0.2, 0) is 20.7 Å². The number of methoxy groups -OCH3 is 1. The van der Waals surface area contributed by atoms with Crippen LogP contribution in [0.25, 0.3) is 0 Å². The van der Waals surface area contributed by atoms with Crippen LogP contribution in [0.1, 0.15) is 53.0 Å². The quantitative estimate of drug-likeness (QED) is 0.410. The number of alkyl carbamates (subject to hydrolysis) is 1. The molecular formula is C34H49N5O5. The van der Waals surface area contributed by atoms with Gasteiger partial charge in [-0.1, -0.05) is 44.2 Å². The summed E-state index contributed by atoms with van der Waals surface area (Å²) in [5.41, 5.74) is 0.482. The Labute approximate surface area is 262 Å². The Morgan fingerprint density at radius 2 is 1.64 bits per heavy atom. The van der Waals surface area contributed by atoms with Crippen LogP contribution in [0.4, 0.5) is 10.5 Å². The second kappa shape index (κ2) is 14.3. The number of para-hydroxylation sites is 1. The van der Waals surface area contributed by atoms with Gasteiger partial charge in [0.15, 0.2) is 0 Å². The minimum atomic E-state index is -0.817. The fourth-order valence-corrected chi connectivity index (χ4v) is 6.14. The zero-order chi connectivity index (χ0) is 31.9. The third kappa shape index (κ3) is 7.83. The van der Waals surface area contributed by atoms with Crippen LogP contribution >= 0.6 is 0 Å². The summed E-state index contributed by atoms with van der Waals surface area (Å²) in [6, 6.07) is 16.7. The Balaban J connectivity index is 1.52. The number of amides is 3. The summed E-state index contributed by atoms with van der Waals surface area (Å²) < 4.78 is 10.8. The average molecular weight is 608 g/mol. The number of nitrogens with one attached hydrogen (secondary N) is 1. The molecule has 10 nitrogen and oxygen atoms in total. The number of nitrogens with zero attached hydrogens (tertiary/aromatic N) is 4. The molecule has 2 aromatic rings. The second-order valence-corrected chi connectivity index (χ2v) is 12.6. The first-order valence-electron chi connectivity index (χ1n) is 15.7. The SMILES string of the molecule is CCN(CC)CCN1CN(c2ccccc2)C2(CCN(C(=O)C(Cc3ccc(OC)cc3)NC(=O)OC(C)(C)C)CC2)C1=O. The number of carbonyl (C=O) groups is 3. The zero-order valence-corrected chi connectivity index (χ0v) is 27.2. The fraction of sp³-hybridized carbons (Fsp3) is 0.559. The van der Waals surface area contributed by atoms with Crippen LogP contribution in [0.15, 0.2) is 54.6 Å². The van der Waals surface area contributed by atoms with Crippen molar-refractivity contribution in [3.05, 3.63) is 60.2 Å². The summed E-state index contributed by atoms with van der Waals surface area (Å²) in [7, 11) is 1.60. The van der Waals surface area contributed by atoms with Gasteiger partial charge in [-0.05, 0) is 76.5 Å². The number of anilines is 1. The predicted molar refractivity (Wildman–Crippen MR) is 172 cm³/mol. The molecule has 1 spiro atoms. The van der Waals surface area contributed by atoms with E-state index in [0.717, 1.165) is 30.9 Å². The maximum Gasteiger partial charge on any atom is 0.408 e. The molecule has 0 bridgehead atoms. The Kier molecular flexibility index (Phi) is 10.8. The highest BCUT2D eigenvalue weighted by Crippen LogP contribution is 2.39. The summed E-state index contributed by atoms with van der Waals surface area (Å²) >= 11 is 0. The van der Waals surface area contributed by atoms with Crippen molar-refractivity contribution in [1.82, 2.24) is 20.0 Å². The molecule has 1 atom stereocenters. The lowest BCUT2D eigenvalue weighted by Crippen LogP contribution is -2.60. The first-order valence-corrected chi connectivity index (χ1v) is 15.7. The minimum absolute atomic E-state index is 0.127. The van der Waals surface area contributed by atoms with Gasteiger partial charge in [-0.3, -0.25) is 9.59 Å². The first-order chi connectivity index (χ1) is 21.0. The largest absolute Gasteiger partial charge is 0.497 e. The topological polar surface area (TPSA) is 94.7 Å². The first kappa shape index (κ1) is 33.1. The fourth-order valence-electron chi connectivity index (χ4n) is 6.14. The van der Waals surface area contributed by atoms with Crippen molar-refractivity contribution in [3.8, 4) is 5.75 Å². The van der Waals surface area contributed by atoms with Gasteiger partial charge in [0.25, 0.3) is 0 Å². The van der Waals surface area contributed by atoms with Crippen LogP contribution in [0.5, 0.6) is 5.75 Å². The highest BCUT2D eigenvalue weighted by Gasteiger charge is 2.54. The Morgan fingerprint density at radius 3 is 2.20 bits per heavy atom. The molecule has 2 fully saturated rings. The molecule has 0 aromatic heterocycles. The van der Waals surface area contributed by atoms with E-state index in [1.807, 2.05) is 47.4 Å². The zero-order valence-electron chi connectivity index (χ0n) is 27.2. The Bertz CT molecular complexity index is 1250. The Hall–Kier alpha value is -3.79. The van der Waals surface area contributed by atoms with Crippen molar-refractivity contribution in [1.29, 1.82) is 0 Å². The van der Waals surface area contributed by atoms with E-state index in [4.69, 9.17) is 9.47 Å². The van der Waals surface area contributed by atoms with E-state index in [-0.39, 0.29) is 11.8 Å². The van der Waals surface area contributed by atoms with Gasteiger partial charge in [-0.2, -0.15) is 0 Å². The molecule has 1 N–H and O–H groups in total. The van der Waals surface area contributed by atoms with Crippen molar-refractivity contribution in [2.24, 2.45) is 0 Å². The van der Waals surface area contributed by atoms with Crippen molar-refractivity contribution in [3.63, 3.8) is 0 Å². The molecule has 0 radical (unpaired) electrons. The highest BCUT2D eigenvalue weighted by atomic mass is 16.6. The summed E-state index contributed by atoms with van der Waals surface area (Å²) in [6.07, 6.45) is 0.687. The number of likely N-dealkylation sites (N-methyl/N-ethyl adjacent to an activating group) is 1. The predicted octanol–water partition coefficient (Wildman–Crippen LogP) is 4.14. The van der Waals surface area contributed by atoms with Crippen molar-refractivity contribution < 1.29 is 23.9 Å². The molecule has 44 heavy (non-hydrogen) atoms. The lowest BCUT2D eigenvalue weighted by Gasteiger charge is -2.44. The molecule has 2 saturated heterocycles. The van der Waals surface area contributed by atoms with E-state index in [1.54, 1.807) is 32.8 Å². The van der Waals surface area contributed by atoms with Crippen LogP contribution in [0.3, 0.4) is 0 Å². The molecule has 10 heteroatoms. The molecule has 2 aliphatic heterocycles. The minimum Gasteiger partial charge on any atom is -0.497 e. The van der Waals surface area contributed by atoms with Gasteiger partial charge >= 0.3 is 6.09 Å². The van der Waals surface area contributed by atoms with Gasteiger partial charge in [0.2, 0.25) is 11.8 Å². The number of ether oxygens (including phenoxy) is 2. The number of likely N-dealkylation sites (tertiary alicyclic amines) is 1. The number of hydrogen-bond acceptors (Lipinski definition) is 7. The van der Waals surface area contributed by atoms with E-state index < -0.39 is 23.3 Å². The number of rotatable bonds is 11. The molecule has 4 rings (SSSR count). The lowest BCUT2D eigenvalue weighted by molar-refractivity contribution is -0.139. The average Bonchev–Trinajstić information content (AvgIpc) is 3.27. The smallest absolute Gasteiger partial charge is 0.408 e. The number of piperidine rings is 1. The Morgan fingerprint density at radius 1 is 1.00 bits per heavy atom. The molecule has 240 valence electrons. The molecule has 0 aliphatic carbocycles. The van der Waals surface area contributed by atoms with E-state index in [9.17, 15) is 14.4 Å². The van der Waals surface area contributed by atoms with Crippen LogP contribution in [0, 0.1) is 0 Å². The van der Waals surface area contributed by atoms with Crippen LogP contribution in [-0.4, -0.2) is 103 Å². The van der Waals surface area contributed by atoms with Crippen LogP contribution < -0.4 is 15.0 Å². The van der Waals surface area contributed by atoms with E-state index in [1.165, 1.54) is 0 Å². The standard InChI is InChI=1S/C34H49N5O5/c1-7-36(8-2)22-23-38-25-39(27-12-10-9-11-13-27)34(31(38)41)18-20-37(21-19-34)30(40)29(35-32(42)44-33(3,4)5)24-26-14-16-28(43-6)17-15-26/h9-17,29H,7-8,18-25H2,1-6H3,(H,35,42). The number of carbonyl (C=O) groups excluding carboxylic acids is 3. The molecule has 3 amide bonds. The van der Waals surface area contributed by atoms with Crippen molar-refractivity contribution in [2.45, 2.75) is 71.1 Å². The summed E-state index contributed by atoms with van der Waals surface area (Å²) in [5.74, 6) is 0.660. The summed E-state index contributed by atoms with van der Waals surface area (Å²) in [6.45, 7) is 14.4. The van der Waals surface area contributed by atoms with E-state index in [0.29, 0.717) is 51.3 Å². The maximum atomic E-state index is 14.1. The molecule has 2 aliphatic rings. The van der Waals surface area contributed by atoms with Gasteiger partial charge in [0.1, 0.15) is 22.9 Å². The third-order valence-corrected chi connectivity index (χ3v) is 8.65. The second-order valence-electron chi connectivity index (χ2n) is 12.6. The summed E-state index contributed by atoms with van der Waals surface area (Å²) in [5, 5.41) is 2.82. The third-order valence-electron chi connectivity index (χ3n) is 8.65. The lowest BCUT2D eigenvalue weighted by atomic mass is 9.85. The van der Waals surface area contributed by atoms with Gasteiger partial charge in [-0.25, -0.2) is 4.79 Å². The van der Waals surface area contributed by atoms with E-state index in [2.05, 4.69) is 41.1 Å². The molecule has 2 aromatic carbocycles. The van der Waals surface area contributed by atoms with Crippen molar-refractivity contribution in [2.75, 3.05) is 57.9 Å².